The molecule has 9 nitrogen and oxygen atoms in total. The van der Waals surface area contributed by atoms with Crippen LogP contribution in [0.4, 0.5) is 5.69 Å². The van der Waals surface area contributed by atoms with E-state index in [0.717, 1.165) is 13.1 Å². The van der Waals surface area contributed by atoms with Crippen LogP contribution in [0.5, 0.6) is 0 Å². The van der Waals surface area contributed by atoms with E-state index in [1.165, 1.54) is 30.0 Å². The number of ether oxygens (including phenoxy) is 1. The lowest BCUT2D eigenvalue weighted by molar-refractivity contribution is -0.385. The highest BCUT2D eigenvalue weighted by Crippen LogP contribution is 2.40. The first-order valence-electron chi connectivity index (χ1n) is 8.70. The number of hydrogen-bond donors (Lipinski definition) is 1. The van der Waals surface area contributed by atoms with E-state index in [9.17, 15) is 24.8 Å². The van der Waals surface area contributed by atoms with Crippen LogP contribution in [-0.4, -0.2) is 70.9 Å². The van der Waals surface area contributed by atoms with Gasteiger partial charge in [0.2, 0.25) is 0 Å². The Morgan fingerprint density at radius 3 is 2.59 bits per heavy atom. The predicted molar refractivity (Wildman–Crippen MR) is 95.1 cm³/mol. The molecule has 1 atom stereocenters. The zero-order valence-electron chi connectivity index (χ0n) is 15.0. The molecule has 1 saturated heterocycles. The topological polar surface area (TPSA) is 113 Å². The number of benzene rings is 1. The number of rotatable bonds is 6. The molecular weight excluding hydrogens is 354 g/mol. The summed E-state index contributed by atoms with van der Waals surface area (Å²) >= 11 is 0. The molecule has 1 fully saturated rings. The van der Waals surface area contributed by atoms with E-state index in [-0.39, 0.29) is 23.4 Å². The highest BCUT2D eigenvalue weighted by molar-refractivity contribution is 6.08. The third kappa shape index (κ3) is 3.69. The van der Waals surface area contributed by atoms with Crippen LogP contribution in [0.15, 0.2) is 35.6 Å². The maximum Gasteiger partial charge on any atom is 0.290 e. The number of aliphatic hydroxyl groups excluding tert-OH is 1. The molecule has 0 radical (unpaired) electrons. The number of para-hydroxylation sites is 1. The SMILES string of the molecule is CC(=O)C1=C(O)C(=O)N(CCN2CCOCC2)[C@H]1c1ccccc1[N+](=O)[O-]. The number of amides is 1. The number of nitro groups is 1. The fourth-order valence-corrected chi connectivity index (χ4v) is 3.53. The largest absolute Gasteiger partial charge is 0.503 e. The van der Waals surface area contributed by atoms with Crippen molar-refractivity contribution in [3.05, 3.63) is 51.3 Å². The van der Waals surface area contributed by atoms with Crippen molar-refractivity contribution in [2.45, 2.75) is 13.0 Å². The van der Waals surface area contributed by atoms with Crippen molar-refractivity contribution >= 4 is 17.4 Å². The zero-order chi connectivity index (χ0) is 19.6. The molecule has 3 rings (SSSR count). The molecule has 0 spiro atoms. The molecule has 2 aliphatic rings. The van der Waals surface area contributed by atoms with Gasteiger partial charge in [0, 0.05) is 32.2 Å². The molecule has 1 N–H and O–H groups in total. The van der Waals surface area contributed by atoms with Gasteiger partial charge in [-0.15, -0.1) is 0 Å². The van der Waals surface area contributed by atoms with Crippen molar-refractivity contribution in [2.75, 3.05) is 39.4 Å². The van der Waals surface area contributed by atoms with Crippen LogP contribution in [-0.2, 0) is 14.3 Å². The van der Waals surface area contributed by atoms with Crippen LogP contribution in [0.2, 0.25) is 0 Å². The number of morpholine rings is 1. The van der Waals surface area contributed by atoms with E-state index in [1.807, 2.05) is 0 Å². The highest BCUT2D eigenvalue weighted by atomic mass is 16.6. The Morgan fingerprint density at radius 1 is 1.30 bits per heavy atom. The molecule has 9 heteroatoms. The van der Waals surface area contributed by atoms with Gasteiger partial charge in [0.25, 0.3) is 11.6 Å². The minimum atomic E-state index is -0.974. The normalized spacial score (nSPS) is 21.0. The monoisotopic (exact) mass is 375 g/mol. The summed E-state index contributed by atoms with van der Waals surface area (Å²) in [6.45, 7) is 4.63. The highest BCUT2D eigenvalue weighted by Gasteiger charge is 2.44. The van der Waals surface area contributed by atoms with Gasteiger partial charge in [0.15, 0.2) is 11.5 Å². The Labute approximate surface area is 156 Å². The van der Waals surface area contributed by atoms with E-state index in [1.54, 1.807) is 6.07 Å². The quantitative estimate of drug-likeness (QED) is 0.587. The maximum absolute atomic E-state index is 12.6. The van der Waals surface area contributed by atoms with Gasteiger partial charge in [0.05, 0.1) is 35.3 Å². The van der Waals surface area contributed by atoms with Crippen molar-refractivity contribution in [1.82, 2.24) is 9.80 Å². The summed E-state index contributed by atoms with van der Waals surface area (Å²) in [5.74, 6) is -1.80. The number of hydrogen-bond acceptors (Lipinski definition) is 7. The number of carbonyl (C=O) groups excluding carboxylic acids is 2. The lowest BCUT2D eigenvalue weighted by Crippen LogP contribution is -2.43. The first kappa shape index (κ1) is 19.0. The number of ketones is 1. The Hall–Kier alpha value is -2.78. The van der Waals surface area contributed by atoms with Gasteiger partial charge in [-0.05, 0) is 13.0 Å². The van der Waals surface area contributed by atoms with Crippen LogP contribution < -0.4 is 0 Å². The molecule has 0 bridgehead atoms. The van der Waals surface area contributed by atoms with Crippen LogP contribution in [0.3, 0.4) is 0 Å². The summed E-state index contributed by atoms with van der Waals surface area (Å²) in [5, 5.41) is 21.7. The van der Waals surface area contributed by atoms with Gasteiger partial charge in [-0.25, -0.2) is 0 Å². The molecule has 1 aromatic rings. The van der Waals surface area contributed by atoms with Gasteiger partial charge < -0.3 is 14.7 Å². The number of nitro benzene ring substituents is 1. The number of carbonyl (C=O) groups is 2. The minimum absolute atomic E-state index is 0.101. The Kier molecular flexibility index (Phi) is 5.52. The van der Waals surface area contributed by atoms with Crippen molar-refractivity contribution < 1.29 is 24.4 Å². The second-order valence-corrected chi connectivity index (χ2v) is 6.49. The lowest BCUT2D eigenvalue weighted by Gasteiger charge is -2.31. The van der Waals surface area contributed by atoms with Gasteiger partial charge in [0.1, 0.15) is 0 Å². The molecule has 0 unspecified atom stereocenters. The average molecular weight is 375 g/mol. The first-order chi connectivity index (χ1) is 12.9. The van der Waals surface area contributed by atoms with Crippen LogP contribution >= 0.6 is 0 Å². The molecule has 1 aromatic carbocycles. The maximum atomic E-state index is 12.6. The summed E-state index contributed by atoms with van der Waals surface area (Å²) in [5.41, 5.74) is -0.0801. The summed E-state index contributed by atoms with van der Waals surface area (Å²) < 4.78 is 5.30. The first-order valence-corrected chi connectivity index (χ1v) is 8.70. The summed E-state index contributed by atoms with van der Waals surface area (Å²) in [4.78, 5) is 39.1. The molecule has 27 heavy (non-hydrogen) atoms. The van der Waals surface area contributed by atoms with E-state index in [4.69, 9.17) is 4.74 Å². The van der Waals surface area contributed by atoms with Gasteiger partial charge in [-0.2, -0.15) is 0 Å². The Balaban J connectivity index is 1.95. The van der Waals surface area contributed by atoms with Crippen LogP contribution in [0.1, 0.15) is 18.5 Å². The fourth-order valence-electron chi connectivity index (χ4n) is 3.53. The van der Waals surface area contributed by atoms with E-state index in [2.05, 4.69) is 4.90 Å². The number of aliphatic hydroxyl groups is 1. The molecule has 2 heterocycles. The van der Waals surface area contributed by atoms with Crippen LogP contribution in [0, 0.1) is 10.1 Å². The third-order valence-electron chi connectivity index (χ3n) is 4.87. The summed E-state index contributed by atoms with van der Waals surface area (Å²) in [6.07, 6.45) is 0. The van der Waals surface area contributed by atoms with Crippen molar-refractivity contribution in [3.8, 4) is 0 Å². The average Bonchev–Trinajstić information content (AvgIpc) is 2.91. The lowest BCUT2D eigenvalue weighted by atomic mass is 9.95. The minimum Gasteiger partial charge on any atom is -0.503 e. The molecule has 144 valence electrons. The van der Waals surface area contributed by atoms with Crippen LogP contribution in [0.25, 0.3) is 0 Å². The molecule has 1 amide bonds. The Morgan fingerprint density at radius 2 is 1.96 bits per heavy atom. The summed E-state index contributed by atoms with van der Waals surface area (Å²) in [6, 6.07) is 5.00. The number of Topliss-reactive ketones (excluding diaryl/α,β-unsaturated/α-hetero) is 1. The smallest absolute Gasteiger partial charge is 0.290 e. The van der Waals surface area contributed by atoms with Gasteiger partial charge in [-0.1, -0.05) is 12.1 Å². The van der Waals surface area contributed by atoms with E-state index >= 15 is 0 Å². The zero-order valence-corrected chi connectivity index (χ0v) is 15.0. The molecule has 0 saturated carbocycles. The van der Waals surface area contributed by atoms with E-state index in [0.29, 0.717) is 19.8 Å². The standard InChI is InChI=1S/C18H21N3O6/c1-12(22)15-16(13-4-2-3-5-14(13)21(25)26)20(18(24)17(15)23)7-6-19-8-10-27-11-9-19/h2-5,16,23H,6-11H2,1H3/t16-/m0/s1. The van der Waals surface area contributed by atoms with Crippen molar-refractivity contribution in [2.24, 2.45) is 0 Å². The van der Waals surface area contributed by atoms with Gasteiger partial charge in [-0.3, -0.25) is 24.6 Å². The van der Waals surface area contributed by atoms with Crippen molar-refractivity contribution in [1.29, 1.82) is 0 Å². The molecule has 2 aliphatic heterocycles. The molecule has 0 aliphatic carbocycles. The fraction of sp³-hybridized carbons (Fsp3) is 0.444. The molecule has 0 aromatic heterocycles. The Bertz CT molecular complexity index is 800. The number of nitrogens with zero attached hydrogens (tertiary/aromatic N) is 3. The van der Waals surface area contributed by atoms with Gasteiger partial charge >= 0.3 is 0 Å². The third-order valence-corrected chi connectivity index (χ3v) is 4.87. The summed E-state index contributed by atoms with van der Waals surface area (Å²) in [7, 11) is 0. The second-order valence-electron chi connectivity index (χ2n) is 6.49. The predicted octanol–water partition coefficient (Wildman–Crippen LogP) is 1.21. The van der Waals surface area contributed by atoms with E-state index < -0.39 is 28.4 Å². The molecular formula is C18H21N3O6. The van der Waals surface area contributed by atoms with Crippen molar-refractivity contribution in [3.63, 3.8) is 0 Å². The second kappa shape index (κ2) is 7.85.